The van der Waals surface area contributed by atoms with Crippen LogP contribution in [-0.2, 0) is 6.54 Å². The van der Waals surface area contributed by atoms with Crippen molar-refractivity contribution in [3.8, 4) is 0 Å². The molecule has 0 amide bonds. The Morgan fingerprint density at radius 1 is 1.78 bits per heavy atom. The summed E-state index contributed by atoms with van der Waals surface area (Å²) in [6.07, 6.45) is 7.75. The summed E-state index contributed by atoms with van der Waals surface area (Å²) in [4.78, 5) is 0. The summed E-state index contributed by atoms with van der Waals surface area (Å²) in [5.41, 5.74) is 0. The van der Waals surface area contributed by atoms with Gasteiger partial charge in [-0.25, -0.2) is 9.13 Å². The Kier molecular flexibility index (Phi) is 1.68. The van der Waals surface area contributed by atoms with Crippen LogP contribution in [0.15, 0.2) is 25.3 Å². The Balaban J connectivity index is 2.86. The maximum Gasteiger partial charge on any atom is 0.248 e. The van der Waals surface area contributed by atoms with Gasteiger partial charge in [0.2, 0.25) is 6.33 Å². The molecule has 0 spiro atoms. The minimum absolute atomic E-state index is 1.01. The van der Waals surface area contributed by atoms with Crippen LogP contribution in [0.2, 0.25) is 0 Å². The number of aromatic nitrogens is 2. The van der Waals surface area contributed by atoms with E-state index in [1.807, 2.05) is 23.3 Å². The minimum Gasteiger partial charge on any atom is -0.237 e. The lowest BCUT2D eigenvalue weighted by Gasteiger charge is -1.81. The maximum absolute atomic E-state index is 3.63. The molecule has 2 nitrogen and oxygen atoms in total. The van der Waals surface area contributed by atoms with Crippen molar-refractivity contribution in [2.24, 2.45) is 0 Å². The van der Waals surface area contributed by atoms with Crippen molar-refractivity contribution >= 4 is 6.20 Å². The molecule has 1 rings (SSSR count). The molecule has 0 aliphatic carbocycles. The largest absolute Gasteiger partial charge is 0.248 e. The van der Waals surface area contributed by atoms with Gasteiger partial charge in [0, 0.05) is 0 Å². The molecule has 0 aromatic carbocycles. The summed E-state index contributed by atoms with van der Waals surface area (Å²) in [5.74, 6) is 0. The second-order valence-electron chi connectivity index (χ2n) is 1.87. The highest BCUT2D eigenvalue weighted by atomic mass is 15.1. The summed E-state index contributed by atoms with van der Waals surface area (Å²) < 4.78 is 4.01. The second-order valence-corrected chi connectivity index (χ2v) is 1.87. The van der Waals surface area contributed by atoms with Crippen LogP contribution in [0.3, 0.4) is 0 Å². The first-order valence-corrected chi connectivity index (χ1v) is 3.06. The highest BCUT2D eigenvalue weighted by Crippen LogP contribution is 1.81. The molecule has 0 fully saturated rings. The van der Waals surface area contributed by atoms with Crippen LogP contribution in [0, 0.1) is 0 Å². The average molecular weight is 123 g/mol. The summed E-state index contributed by atoms with van der Waals surface area (Å²) in [6.45, 7) is 6.75. The van der Waals surface area contributed by atoms with E-state index in [1.54, 1.807) is 6.20 Å². The standard InChI is InChI=1S/C7H11N2/c1-3-8-5-6-9(4-2)7-8/h3,5-7H,1,4H2,2H3/q+1. The monoisotopic (exact) mass is 123 g/mol. The summed E-state index contributed by atoms with van der Waals surface area (Å²) in [5, 5.41) is 0. The lowest BCUT2D eigenvalue weighted by atomic mass is 10.7. The van der Waals surface area contributed by atoms with Gasteiger partial charge in [-0.1, -0.05) is 6.58 Å². The molecule has 9 heavy (non-hydrogen) atoms. The van der Waals surface area contributed by atoms with E-state index < -0.39 is 0 Å². The van der Waals surface area contributed by atoms with E-state index in [0.717, 1.165) is 6.54 Å². The van der Waals surface area contributed by atoms with Gasteiger partial charge in [0.25, 0.3) is 0 Å². The van der Waals surface area contributed by atoms with Crippen molar-refractivity contribution in [1.29, 1.82) is 0 Å². The fraction of sp³-hybridized carbons (Fsp3) is 0.286. The molecule has 0 saturated heterocycles. The van der Waals surface area contributed by atoms with Gasteiger partial charge in [0.1, 0.15) is 12.4 Å². The summed E-state index contributed by atoms with van der Waals surface area (Å²) in [6, 6.07) is 0. The molecule has 0 saturated carbocycles. The fourth-order valence-corrected chi connectivity index (χ4v) is 0.706. The van der Waals surface area contributed by atoms with E-state index in [2.05, 4.69) is 18.1 Å². The van der Waals surface area contributed by atoms with E-state index >= 15 is 0 Å². The Labute approximate surface area is 55.1 Å². The molecule has 48 valence electrons. The van der Waals surface area contributed by atoms with E-state index in [1.165, 1.54) is 0 Å². The van der Waals surface area contributed by atoms with Crippen molar-refractivity contribution in [2.45, 2.75) is 13.5 Å². The van der Waals surface area contributed by atoms with Crippen LogP contribution >= 0.6 is 0 Å². The molecule has 0 bridgehead atoms. The average Bonchev–Trinajstić information content (AvgIpc) is 2.34. The van der Waals surface area contributed by atoms with Crippen molar-refractivity contribution in [2.75, 3.05) is 0 Å². The van der Waals surface area contributed by atoms with Crippen molar-refractivity contribution in [1.82, 2.24) is 4.57 Å². The van der Waals surface area contributed by atoms with Crippen molar-refractivity contribution < 1.29 is 4.57 Å². The Morgan fingerprint density at radius 2 is 2.56 bits per heavy atom. The van der Waals surface area contributed by atoms with Crippen LogP contribution < -0.4 is 4.57 Å². The molecule has 1 heterocycles. The molecule has 0 unspecified atom stereocenters. The second kappa shape index (κ2) is 2.49. The number of hydrogen-bond acceptors (Lipinski definition) is 0. The molecule has 0 aliphatic heterocycles. The third-order valence-electron chi connectivity index (χ3n) is 1.29. The number of rotatable bonds is 2. The van der Waals surface area contributed by atoms with Crippen LogP contribution in [-0.4, -0.2) is 4.57 Å². The summed E-state index contributed by atoms with van der Waals surface area (Å²) >= 11 is 0. The third-order valence-corrected chi connectivity index (χ3v) is 1.29. The Hall–Kier alpha value is -1.05. The number of hydrogen-bond donors (Lipinski definition) is 0. The molecule has 2 heteroatoms. The zero-order valence-corrected chi connectivity index (χ0v) is 5.62. The first kappa shape index (κ1) is 6.08. The van der Waals surface area contributed by atoms with Gasteiger partial charge in [-0.05, 0) is 6.92 Å². The predicted octanol–water partition coefficient (Wildman–Crippen LogP) is 0.896. The number of aryl methyl sites for hydroxylation is 1. The molecular weight excluding hydrogens is 112 g/mol. The smallest absolute Gasteiger partial charge is 0.237 e. The van der Waals surface area contributed by atoms with Gasteiger partial charge in [-0.15, -0.1) is 0 Å². The zero-order valence-electron chi connectivity index (χ0n) is 5.62. The van der Waals surface area contributed by atoms with Gasteiger partial charge >= 0.3 is 0 Å². The predicted molar refractivity (Wildman–Crippen MR) is 36.7 cm³/mol. The summed E-state index contributed by atoms with van der Waals surface area (Å²) in [7, 11) is 0. The molecule has 0 N–H and O–H groups in total. The van der Waals surface area contributed by atoms with Gasteiger partial charge in [0.05, 0.1) is 12.7 Å². The third kappa shape index (κ3) is 1.19. The first-order chi connectivity index (χ1) is 4.36. The minimum atomic E-state index is 1.01. The highest BCUT2D eigenvalue weighted by Gasteiger charge is 1.94. The quantitative estimate of drug-likeness (QED) is 0.516. The molecular formula is C7H11N2+. The van der Waals surface area contributed by atoms with Gasteiger partial charge in [-0.3, -0.25) is 0 Å². The van der Waals surface area contributed by atoms with E-state index in [9.17, 15) is 0 Å². The molecule has 0 radical (unpaired) electrons. The highest BCUT2D eigenvalue weighted by molar-refractivity contribution is 5.12. The first-order valence-electron chi connectivity index (χ1n) is 3.06. The fourth-order valence-electron chi connectivity index (χ4n) is 0.706. The van der Waals surface area contributed by atoms with Crippen LogP contribution in [0.1, 0.15) is 6.92 Å². The van der Waals surface area contributed by atoms with E-state index in [-0.39, 0.29) is 0 Å². The van der Waals surface area contributed by atoms with Gasteiger partial charge in [0.15, 0.2) is 0 Å². The van der Waals surface area contributed by atoms with Crippen LogP contribution in [0.5, 0.6) is 0 Å². The SMILES string of the molecule is C=Cn1cc[n+](CC)c1. The zero-order chi connectivity index (χ0) is 6.69. The number of nitrogens with zero attached hydrogens (tertiary/aromatic N) is 2. The molecule has 1 aromatic heterocycles. The molecule has 0 atom stereocenters. The van der Waals surface area contributed by atoms with E-state index in [4.69, 9.17) is 0 Å². The van der Waals surface area contributed by atoms with Gasteiger partial charge in [-0.2, -0.15) is 0 Å². The van der Waals surface area contributed by atoms with Crippen LogP contribution in [0.4, 0.5) is 0 Å². The lowest BCUT2D eigenvalue weighted by molar-refractivity contribution is -0.692. The van der Waals surface area contributed by atoms with E-state index in [0.29, 0.717) is 0 Å². The molecule has 1 aromatic rings. The lowest BCUT2D eigenvalue weighted by Crippen LogP contribution is -2.28. The van der Waals surface area contributed by atoms with Crippen LogP contribution in [0.25, 0.3) is 6.20 Å². The van der Waals surface area contributed by atoms with Crippen molar-refractivity contribution in [3.63, 3.8) is 0 Å². The van der Waals surface area contributed by atoms with Crippen molar-refractivity contribution in [3.05, 3.63) is 25.3 Å². The topological polar surface area (TPSA) is 8.81 Å². The normalized spacial score (nSPS) is 9.44. The Morgan fingerprint density at radius 3 is 2.89 bits per heavy atom. The van der Waals surface area contributed by atoms with Gasteiger partial charge < -0.3 is 0 Å². The molecule has 0 aliphatic rings. The Bertz CT molecular complexity index is 200. The number of imidazole rings is 1. The maximum atomic E-state index is 3.63.